The van der Waals surface area contributed by atoms with Crippen LogP contribution in [0.5, 0.6) is 5.75 Å². The molecule has 0 spiro atoms. The van der Waals surface area contributed by atoms with Crippen molar-refractivity contribution in [3.8, 4) is 5.75 Å². The van der Waals surface area contributed by atoms with E-state index in [0.29, 0.717) is 54.7 Å². The van der Waals surface area contributed by atoms with Gasteiger partial charge in [-0.15, -0.1) is 0 Å². The number of ether oxygens (including phenoxy) is 4. The first-order valence-electron chi connectivity index (χ1n) is 16.4. The van der Waals surface area contributed by atoms with Crippen molar-refractivity contribution in [3.05, 3.63) is 52.3 Å². The molecular formula is C35H50N4O6. The molecule has 3 aliphatic rings. The van der Waals surface area contributed by atoms with Crippen LogP contribution in [0.15, 0.2) is 24.3 Å². The lowest BCUT2D eigenvalue weighted by Crippen LogP contribution is -2.46. The number of carboxylic acid groups (broad SMARTS) is 1. The van der Waals surface area contributed by atoms with Crippen LogP contribution >= 0.6 is 0 Å². The van der Waals surface area contributed by atoms with Gasteiger partial charge in [0.25, 0.3) is 0 Å². The molecule has 2 aromatic heterocycles. The molecule has 6 rings (SSSR count). The Balaban J connectivity index is 1.56. The van der Waals surface area contributed by atoms with Gasteiger partial charge in [0.05, 0.1) is 41.8 Å². The first-order chi connectivity index (χ1) is 21.4. The van der Waals surface area contributed by atoms with Crippen molar-refractivity contribution >= 4 is 17.4 Å². The van der Waals surface area contributed by atoms with Crippen LogP contribution in [0.1, 0.15) is 107 Å². The summed E-state index contributed by atoms with van der Waals surface area (Å²) in [7, 11) is 0. The number of piperidine rings is 1. The maximum absolute atomic E-state index is 12.7. The number of hydrogen-bond donors (Lipinski definition) is 1. The molecule has 0 saturated carbocycles. The van der Waals surface area contributed by atoms with Crippen LogP contribution in [-0.4, -0.2) is 62.7 Å². The molecule has 10 heteroatoms. The van der Waals surface area contributed by atoms with E-state index in [1.54, 1.807) is 4.52 Å². The Kier molecular flexibility index (Phi) is 10.1. The lowest BCUT2D eigenvalue weighted by molar-refractivity contribution is -0.160. The van der Waals surface area contributed by atoms with Crippen molar-refractivity contribution in [1.82, 2.24) is 14.6 Å². The highest BCUT2D eigenvalue weighted by molar-refractivity contribution is 5.78. The third-order valence-corrected chi connectivity index (χ3v) is 8.69. The van der Waals surface area contributed by atoms with Crippen molar-refractivity contribution in [2.75, 3.05) is 24.6 Å². The number of fused-ring (bicyclic) bond motifs is 9. The van der Waals surface area contributed by atoms with Crippen LogP contribution in [0, 0.1) is 13.8 Å². The van der Waals surface area contributed by atoms with E-state index in [4.69, 9.17) is 29.0 Å². The Hall–Kier alpha value is -3.21. The number of aromatic nitrogens is 3. The van der Waals surface area contributed by atoms with Crippen molar-refractivity contribution in [3.63, 3.8) is 0 Å². The van der Waals surface area contributed by atoms with E-state index >= 15 is 0 Å². The number of aliphatic carboxylic acids is 1. The first-order valence-corrected chi connectivity index (χ1v) is 16.4. The summed E-state index contributed by atoms with van der Waals surface area (Å²) in [4.78, 5) is 19.7. The Morgan fingerprint density at radius 2 is 1.93 bits per heavy atom. The van der Waals surface area contributed by atoms with Crippen LogP contribution in [0.25, 0.3) is 5.65 Å². The fourth-order valence-electron chi connectivity index (χ4n) is 6.32. The molecule has 0 amide bonds. The number of anilines is 1. The summed E-state index contributed by atoms with van der Waals surface area (Å²) in [6, 6.07) is 8.17. The third kappa shape index (κ3) is 7.96. The van der Waals surface area contributed by atoms with Gasteiger partial charge in [0.1, 0.15) is 11.6 Å². The number of nitrogens with zero attached hydrogens (tertiary/aromatic N) is 4. The van der Waals surface area contributed by atoms with Crippen LogP contribution in [0.3, 0.4) is 0 Å². The summed E-state index contributed by atoms with van der Waals surface area (Å²) in [6.07, 6.45) is 4.36. The summed E-state index contributed by atoms with van der Waals surface area (Å²) in [5, 5.41) is 15.3. The van der Waals surface area contributed by atoms with Crippen molar-refractivity contribution < 1.29 is 28.8 Å². The van der Waals surface area contributed by atoms with E-state index in [1.165, 1.54) is 0 Å². The molecule has 45 heavy (non-hydrogen) atoms. The quantitative estimate of drug-likeness (QED) is 0.332. The maximum atomic E-state index is 12.7. The fraction of sp³-hybridized carbons (Fsp3) is 0.629. The molecule has 1 unspecified atom stereocenters. The van der Waals surface area contributed by atoms with Crippen molar-refractivity contribution in [2.24, 2.45) is 0 Å². The molecule has 5 heterocycles. The molecule has 1 aromatic carbocycles. The van der Waals surface area contributed by atoms with Crippen LogP contribution in [-0.2, 0) is 32.2 Å². The zero-order chi connectivity index (χ0) is 32.4. The second kappa shape index (κ2) is 13.6. The molecule has 246 valence electrons. The van der Waals surface area contributed by atoms with Gasteiger partial charge in [0, 0.05) is 37.0 Å². The number of carboxylic acids is 1. The SMILES string of the molecule is CCCC1CCCOC2(C)CCN(CC2)c2c([C@H](OC(C)(C)C)C(=O)O)c(C)nc3cc(nn23)COCc2ccc(C)cc2O1. The zero-order valence-corrected chi connectivity index (χ0v) is 28.0. The molecule has 0 radical (unpaired) electrons. The summed E-state index contributed by atoms with van der Waals surface area (Å²) < 4.78 is 27.3. The van der Waals surface area contributed by atoms with Crippen LogP contribution in [0.2, 0.25) is 0 Å². The van der Waals surface area contributed by atoms with Gasteiger partial charge in [-0.2, -0.15) is 9.61 Å². The number of carbonyl (C=O) groups is 1. The average molecular weight is 623 g/mol. The molecule has 4 bridgehead atoms. The monoisotopic (exact) mass is 622 g/mol. The van der Waals surface area contributed by atoms with Crippen molar-refractivity contribution in [2.45, 2.75) is 124 Å². The lowest BCUT2D eigenvalue weighted by atomic mass is 9.92. The largest absolute Gasteiger partial charge is 0.490 e. The number of benzene rings is 1. The van der Waals surface area contributed by atoms with E-state index in [1.807, 2.05) is 33.8 Å². The Morgan fingerprint density at radius 3 is 2.62 bits per heavy atom. The van der Waals surface area contributed by atoms with Gasteiger partial charge in [-0.1, -0.05) is 25.5 Å². The molecule has 1 N–H and O–H groups in total. The summed E-state index contributed by atoms with van der Waals surface area (Å²) in [5.41, 5.74) is 3.67. The smallest absolute Gasteiger partial charge is 0.337 e. The number of aryl methyl sites for hydroxylation is 2. The zero-order valence-electron chi connectivity index (χ0n) is 28.0. The van der Waals surface area contributed by atoms with Gasteiger partial charge >= 0.3 is 5.97 Å². The van der Waals surface area contributed by atoms with Gasteiger partial charge in [-0.05, 0) is 85.3 Å². The highest BCUT2D eigenvalue weighted by Crippen LogP contribution is 2.38. The Labute approximate surface area is 267 Å². The molecule has 3 aliphatic heterocycles. The normalized spacial score (nSPS) is 22.4. The molecule has 2 atom stereocenters. The van der Waals surface area contributed by atoms with Gasteiger partial charge in [-0.3, -0.25) is 0 Å². The van der Waals surface area contributed by atoms with E-state index < -0.39 is 17.7 Å². The first kappa shape index (κ1) is 33.2. The summed E-state index contributed by atoms with van der Waals surface area (Å²) in [5.74, 6) is 0.514. The predicted octanol–water partition coefficient (Wildman–Crippen LogP) is 6.72. The second-order valence-electron chi connectivity index (χ2n) is 13.8. The summed E-state index contributed by atoms with van der Waals surface area (Å²) >= 11 is 0. The highest BCUT2D eigenvalue weighted by Gasteiger charge is 2.38. The van der Waals surface area contributed by atoms with E-state index in [9.17, 15) is 9.90 Å². The molecular weight excluding hydrogens is 572 g/mol. The third-order valence-electron chi connectivity index (χ3n) is 8.69. The molecule has 0 aliphatic carbocycles. The van der Waals surface area contributed by atoms with Gasteiger partial charge in [0.2, 0.25) is 0 Å². The van der Waals surface area contributed by atoms with Crippen molar-refractivity contribution in [1.29, 1.82) is 0 Å². The van der Waals surface area contributed by atoms with Crippen LogP contribution in [0.4, 0.5) is 5.82 Å². The molecule has 1 saturated heterocycles. The molecule has 1 fully saturated rings. The van der Waals surface area contributed by atoms with E-state index in [0.717, 1.165) is 55.4 Å². The maximum Gasteiger partial charge on any atom is 0.337 e. The Morgan fingerprint density at radius 1 is 1.18 bits per heavy atom. The fourth-order valence-corrected chi connectivity index (χ4v) is 6.32. The summed E-state index contributed by atoms with van der Waals surface area (Å²) in [6.45, 7) is 16.6. The lowest BCUT2D eigenvalue weighted by Gasteiger charge is -2.41. The molecule has 10 nitrogen and oxygen atoms in total. The van der Waals surface area contributed by atoms with E-state index in [2.05, 4.69) is 43.9 Å². The minimum absolute atomic E-state index is 0.108. The predicted molar refractivity (Wildman–Crippen MR) is 173 cm³/mol. The van der Waals surface area contributed by atoms with Gasteiger partial charge < -0.3 is 29.0 Å². The highest BCUT2D eigenvalue weighted by atomic mass is 16.5. The van der Waals surface area contributed by atoms with E-state index in [-0.39, 0.29) is 18.3 Å². The number of rotatable bonds is 5. The number of hydrogen-bond acceptors (Lipinski definition) is 8. The van der Waals surface area contributed by atoms with Gasteiger partial charge in [-0.25, -0.2) is 9.78 Å². The average Bonchev–Trinajstić information content (AvgIpc) is 3.36. The van der Waals surface area contributed by atoms with Gasteiger partial charge in [0.15, 0.2) is 11.8 Å². The topological polar surface area (TPSA) is 108 Å². The molecule has 3 aromatic rings. The Bertz CT molecular complexity index is 1490. The van der Waals surface area contributed by atoms with Crippen LogP contribution < -0.4 is 9.64 Å². The standard InChI is InChI=1S/C35H50N4O6/c1-8-10-27-11-9-18-43-35(7)14-16-38(17-15-35)32-30(31(33(40)41)45-34(4,5)6)24(3)36-29-20-26(37-39(29)32)22-42-21-25-13-12-23(2)19-28(25)44-27/h12-13,19-20,27,31H,8-11,14-18,21-22H2,1-7H3,(H,40,41)/t27?,31-/m0/s1. The minimum Gasteiger partial charge on any atom is -0.490 e. The second-order valence-corrected chi connectivity index (χ2v) is 13.8. The minimum atomic E-state index is -1.21.